The fourth-order valence-corrected chi connectivity index (χ4v) is 1.12. The van der Waals surface area contributed by atoms with Gasteiger partial charge in [-0.3, -0.25) is 4.79 Å². The Bertz CT molecular complexity index is 258. The van der Waals surface area contributed by atoms with E-state index in [1.165, 1.54) is 0 Å². The van der Waals surface area contributed by atoms with Crippen LogP contribution in [0.5, 0.6) is 0 Å². The molecule has 0 radical (unpaired) electrons. The minimum atomic E-state index is -0.893. The first-order chi connectivity index (χ1) is 5.52. The Hall–Kier alpha value is -1.29. The van der Waals surface area contributed by atoms with Crippen molar-refractivity contribution >= 4 is 5.97 Å². The van der Waals surface area contributed by atoms with E-state index in [-0.39, 0.29) is 6.42 Å². The third-order valence-corrected chi connectivity index (χ3v) is 1.81. The summed E-state index contributed by atoms with van der Waals surface area (Å²) < 4.78 is 0. The van der Waals surface area contributed by atoms with Gasteiger partial charge in [0, 0.05) is 11.2 Å². The molecule has 0 spiro atoms. The first-order valence-corrected chi connectivity index (χ1v) is 3.67. The quantitative estimate of drug-likeness (QED) is 0.539. The highest BCUT2D eigenvalue weighted by Crippen LogP contribution is 2.19. The Balaban J connectivity index is 2.65. The smallest absolute Gasteiger partial charge is 0.305 e. The van der Waals surface area contributed by atoms with E-state index in [9.17, 15) is 4.79 Å². The summed E-state index contributed by atoms with van der Waals surface area (Å²) in [5.41, 5.74) is 11.1. The minimum Gasteiger partial charge on any atom is -0.481 e. The van der Waals surface area contributed by atoms with Crippen LogP contribution in [0.25, 0.3) is 0 Å². The molecule has 1 aliphatic rings. The van der Waals surface area contributed by atoms with Gasteiger partial charge >= 0.3 is 5.97 Å². The van der Waals surface area contributed by atoms with Crippen LogP contribution in [-0.4, -0.2) is 16.6 Å². The molecule has 0 bridgehead atoms. The van der Waals surface area contributed by atoms with E-state index in [4.69, 9.17) is 16.6 Å². The van der Waals surface area contributed by atoms with Crippen molar-refractivity contribution in [1.82, 2.24) is 0 Å². The third kappa shape index (κ3) is 2.10. The average Bonchev–Trinajstić information content (AvgIpc) is 1.94. The zero-order valence-electron chi connectivity index (χ0n) is 6.66. The number of aliphatic carboxylic acids is 1. The van der Waals surface area contributed by atoms with Crippen LogP contribution in [0.3, 0.4) is 0 Å². The van der Waals surface area contributed by atoms with Crippen LogP contribution in [0.1, 0.15) is 12.8 Å². The molecule has 0 saturated carbocycles. The van der Waals surface area contributed by atoms with Gasteiger partial charge < -0.3 is 16.6 Å². The van der Waals surface area contributed by atoms with Gasteiger partial charge in [0.05, 0.1) is 6.42 Å². The van der Waals surface area contributed by atoms with Gasteiger partial charge in [-0.2, -0.15) is 0 Å². The lowest BCUT2D eigenvalue weighted by Crippen LogP contribution is -2.40. The molecular formula is C8H12N2O2. The summed E-state index contributed by atoms with van der Waals surface area (Å²) in [6.45, 7) is 0. The largest absolute Gasteiger partial charge is 0.481 e. The first kappa shape index (κ1) is 8.80. The van der Waals surface area contributed by atoms with Crippen LogP contribution < -0.4 is 11.5 Å². The summed E-state index contributed by atoms with van der Waals surface area (Å²) in [7, 11) is 0. The third-order valence-electron chi connectivity index (χ3n) is 1.81. The molecule has 1 unspecified atom stereocenters. The second-order valence-electron chi connectivity index (χ2n) is 3.05. The Kier molecular flexibility index (Phi) is 2.19. The van der Waals surface area contributed by atoms with Gasteiger partial charge in [-0.15, -0.1) is 0 Å². The standard InChI is InChI=1S/C8H12N2O2/c9-6-1-3-8(10,4-2-6)5-7(11)12/h1-3H,4-5,9-10H2,(H,11,12). The second-order valence-corrected chi connectivity index (χ2v) is 3.05. The fourth-order valence-electron chi connectivity index (χ4n) is 1.12. The molecule has 0 aromatic rings. The fraction of sp³-hybridized carbons (Fsp3) is 0.375. The van der Waals surface area contributed by atoms with Gasteiger partial charge in [0.15, 0.2) is 0 Å². The maximum absolute atomic E-state index is 10.4. The SMILES string of the molecule is NC1=CCC(N)(CC(=O)O)C=C1. The molecule has 1 rings (SSSR count). The summed E-state index contributed by atoms with van der Waals surface area (Å²) in [5.74, 6) is -0.893. The lowest BCUT2D eigenvalue weighted by Gasteiger charge is -2.25. The Morgan fingerprint density at radius 3 is 2.83 bits per heavy atom. The molecule has 0 heterocycles. The van der Waals surface area contributed by atoms with Gasteiger partial charge in [0.2, 0.25) is 0 Å². The van der Waals surface area contributed by atoms with E-state index >= 15 is 0 Å². The molecule has 12 heavy (non-hydrogen) atoms. The Morgan fingerprint density at radius 2 is 2.42 bits per heavy atom. The number of hydrogen-bond acceptors (Lipinski definition) is 3. The molecule has 5 N–H and O–H groups in total. The highest BCUT2D eigenvalue weighted by Gasteiger charge is 2.25. The van der Waals surface area contributed by atoms with Crippen molar-refractivity contribution in [3.05, 3.63) is 23.9 Å². The summed E-state index contributed by atoms with van der Waals surface area (Å²) in [5, 5.41) is 8.53. The number of carbonyl (C=O) groups is 1. The van der Waals surface area contributed by atoms with Crippen LogP contribution in [0.4, 0.5) is 0 Å². The minimum absolute atomic E-state index is 0.0622. The molecule has 0 fully saturated rings. The van der Waals surface area contributed by atoms with Crippen molar-refractivity contribution in [2.75, 3.05) is 0 Å². The van der Waals surface area contributed by atoms with Crippen molar-refractivity contribution in [1.29, 1.82) is 0 Å². The zero-order chi connectivity index (χ0) is 9.19. The van der Waals surface area contributed by atoms with Gasteiger partial charge in [-0.1, -0.05) is 12.2 Å². The van der Waals surface area contributed by atoms with E-state index in [2.05, 4.69) is 0 Å². The lowest BCUT2D eigenvalue weighted by molar-refractivity contribution is -0.137. The van der Waals surface area contributed by atoms with Crippen LogP contribution >= 0.6 is 0 Å². The van der Waals surface area contributed by atoms with E-state index < -0.39 is 11.5 Å². The summed E-state index contributed by atoms with van der Waals surface area (Å²) in [6, 6.07) is 0. The predicted molar refractivity (Wildman–Crippen MR) is 45.2 cm³/mol. The average molecular weight is 168 g/mol. The number of allylic oxidation sites excluding steroid dienone is 1. The molecule has 0 saturated heterocycles. The number of rotatable bonds is 2. The molecule has 4 nitrogen and oxygen atoms in total. The zero-order valence-corrected chi connectivity index (χ0v) is 6.66. The van der Waals surface area contributed by atoms with E-state index in [0.29, 0.717) is 12.1 Å². The summed E-state index contributed by atoms with van der Waals surface area (Å²) in [4.78, 5) is 10.4. The highest BCUT2D eigenvalue weighted by molar-refractivity contribution is 5.69. The van der Waals surface area contributed by atoms with Crippen LogP contribution in [-0.2, 0) is 4.79 Å². The molecule has 1 atom stereocenters. The van der Waals surface area contributed by atoms with Gasteiger partial charge in [0.25, 0.3) is 0 Å². The predicted octanol–water partition coefficient (Wildman–Crippen LogP) is -0.0389. The molecule has 0 aromatic carbocycles. The monoisotopic (exact) mass is 168 g/mol. The maximum atomic E-state index is 10.4. The molecule has 4 heteroatoms. The number of carboxylic acids is 1. The van der Waals surface area contributed by atoms with E-state index in [1.807, 2.05) is 0 Å². The normalized spacial score (nSPS) is 28.2. The van der Waals surface area contributed by atoms with Gasteiger partial charge in [-0.25, -0.2) is 0 Å². The molecule has 66 valence electrons. The van der Waals surface area contributed by atoms with Crippen molar-refractivity contribution in [2.24, 2.45) is 11.5 Å². The topological polar surface area (TPSA) is 89.3 Å². The van der Waals surface area contributed by atoms with Crippen LogP contribution in [0, 0.1) is 0 Å². The Labute approximate surface area is 70.5 Å². The van der Waals surface area contributed by atoms with Crippen molar-refractivity contribution < 1.29 is 9.90 Å². The summed E-state index contributed by atoms with van der Waals surface area (Å²) in [6.07, 6.45) is 5.46. The van der Waals surface area contributed by atoms with Gasteiger partial charge in [0.1, 0.15) is 0 Å². The van der Waals surface area contributed by atoms with E-state index in [0.717, 1.165) is 0 Å². The first-order valence-electron chi connectivity index (χ1n) is 3.67. The second kappa shape index (κ2) is 2.98. The molecule has 1 aliphatic carbocycles. The van der Waals surface area contributed by atoms with Gasteiger partial charge in [-0.05, 0) is 12.5 Å². The van der Waals surface area contributed by atoms with Crippen molar-refractivity contribution in [2.45, 2.75) is 18.4 Å². The molecular weight excluding hydrogens is 156 g/mol. The maximum Gasteiger partial charge on any atom is 0.305 e. The van der Waals surface area contributed by atoms with E-state index in [1.54, 1.807) is 18.2 Å². The Morgan fingerprint density at radius 1 is 1.75 bits per heavy atom. The molecule has 0 amide bonds. The number of nitrogens with two attached hydrogens (primary N) is 2. The number of carboxylic acid groups (broad SMARTS) is 1. The summed E-state index contributed by atoms with van der Waals surface area (Å²) >= 11 is 0. The molecule has 0 aliphatic heterocycles. The number of hydrogen-bond donors (Lipinski definition) is 3. The highest BCUT2D eigenvalue weighted by atomic mass is 16.4. The lowest BCUT2D eigenvalue weighted by atomic mass is 9.88. The van der Waals surface area contributed by atoms with Crippen LogP contribution in [0.2, 0.25) is 0 Å². The molecule has 0 aromatic heterocycles. The van der Waals surface area contributed by atoms with Crippen molar-refractivity contribution in [3.8, 4) is 0 Å². The van der Waals surface area contributed by atoms with Crippen LogP contribution in [0.15, 0.2) is 23.9 Å². The van der Waals surface area contributed by atoms with Crippen molar-refractivity contribution in [3.63, 3.8) is 0 Å².